The number of amides is 1. The van der Waals surface area contributed by atoms with Crippen LogP contribution in [0.4, 0.5) is 0 Å². The van der Waals surface area contributed by atoms with Crippen molar-refractivity contribution in [3.05, 3.63) is 53.2 Å². The van der Waals surface area contributed by atoms with Crippen molar-refractivity contribution in [2.75, 3.05) is 19.7 Å². The molecule has 162 valence electrons. The van der Waals surface area contributed by atoms with E-state index in [9.17, 15) is 13.2 Å². The summed E-state index contributed by atoms with van der Waals surface area (Å²) in [5.41, 5.74) is 1.90. The van der Waals surface area contributed by atoms with Crippen LogP contribution in [0.3, 0.4) is 0 Å². The van der Waals surface area contributed by atoms with Gasteiger partial charge in [-0.2, -0.15) is 4.31 Å². The number of carbonyl (C=O) groups is 1. The first-order chi connectivity index (χ1) is 14.3. The monoisotopic (exact) mass is 431 g/mol. The van der Waals surface area contributed by atoms with Crippen molar-refractivity contribution < 1.29 is 17.9 Å². The van der Waals surface area contributed by atoms with Gasteiger partial charge < -0.3 is 10.1 Å². The number of sulfonamides is 1. The Balaban J connectivity index is 1.66. The molecular formula is C22H29N3O4S. The van der Waals surface area contributed by atoms with E-state index in [4.69, 9.17) is 4.74 Å². The summed E-state index contributed by atoms with van der Waals surface area (Å²) in [5, 5.41) is 2.84. The predicted octanol–water partition coefficient (Wildman–Crippen LogP) is 3.14. The number of aryl methyl sites for hydroxylation is 1. The average Bonchev–Trinajstić information content (AvgIpc) is 3.56. The highest BCUT2D eigenvalue weighted by atomic mass is 32.2. The van der Waals surface area contributed by atoms with Crippen LogP contribution in [0.15, 0.2) is 41.4 Å². The Morgan fingerprint density at radius 3 is 2.53 bits per heavy atom. The maximum atomic E-state index is 12.8. The zero-order chi connectivity index (χ0) is 21.7. The number of carbonyl (C=O) groups excluding carboxylic acids is 1. The number of nitrogens with zero attached hydrogens (tertiary/aromatic N) is 2. The summed E-state index contributed by atoms with van der Waals surface area (Å²) in [7, 11) is -3.62. The summed E-state index contributed by atoms with van der Waals surface area (Å²) in [6, 6.07) is 8.32. The number of hydrogen-bond donors (Lipinski definition) is 1. The molecule has 7 nitrogen and oxygen atoms in total. The van der Waals surface area contributed by atoms with Crippen molar-refractivity contribution in [1.29, 1.82) is 0 Å². The van der Waals surface area contributed by atoms with E-state index in [2.05, 4.69) is 10.3 Å². The Labute approximate surface area is 178 Å². The summed E-state index contributed by atoms with van der Waals surface area (Å²) in [5.74, 6) is 0.926. The third kappa shape index (κ3) is 5.37. The van der Waals surface area contributed by atoms with Crippen LogP contribution in [-0.2, 0) is 16.6 Å². The number of rotatable bonds is 10. The van der Waals surface area contributed by atoms with Crippen LogP contribution in [0.25, 0.3) is 0 Å². The number of hydrogen-bond acceptors (Lipinski definition) is 5. The van der Waals surface area contributed by atoms with Gasteiger partial charge in [-0.15, -0.1) is 0 Å². The fourth-order valence-electron chi connectivity index (χ4n) is 3.08. The standard InChI is InChI=1S/C22H29N3O4S/c1-4-25(5-2)30(27,28)19-10-6-16(3)20(12-19)22(26)24-14-18-9-11-21(23-13-18)29-15-17-7-8-17/h6,9-13,17H,4-5,7-8,14-15H2,1-3H3,(H,24,26). The van der Waals surface area contributed by atoms with E-state index >= 15 is 0 Å². The summed E-state index contributed by atoms with van der Waals surface area (Å²) >= 11 is 0. The van der Waals surface area contributed by atoms with E-state index < -0.39 is 10.0 Å². The van der Waals surface area contributed by atoms with Crippen molar-refractivity contribution in [1.82, 2.24) is 14.6 Å². The lowest BCUT2D eigenvalue weighted by Crippen LogP contribution is -2.31. The summed E-state index contributed by atoms with van der Waals surface area (Å²) in [4.78, 5) is 17.1. The third-order valence-electron chi connectivity index (χ3n) is 5.21. The fraction of sp³-hybridized carbons (Fsp3) is 0.455. The molecule has 0 unspecified atom stereocenters. The van der Waals surface area contributed by atoms with Crippen LogP contribution in [0.2, 0.25) is 0 Å². The van der Waals surface area contributed by atoms with Gasteiger partial charge in [-0.25, -0.2) is 13.4 Å². The topological polar surface area (TPSA) is 88.6 Å². The average molecular weight is 432 g/mol. The first kappa shape index (κ1) is 22.2. The molecule has 1 heterocycles. The maximum absolute atomic E-state index is 12.8. The van der Waals surface area contributed by atoms with Crippen LogP contribution in [0.5, 0.6) is 5.88 Å². The van der Waals surface area contributed by atoms with Gasteiger partial charge in [0.25, 0.3) is 5.91 Å². The zero-order valence-corrected chi connectivity index (χ0v) is 18.5. The molecule has 1 aromatic heterocycles. The van der Waals surface area contributed by atoms with Crippen LogP contribution in [0, 0.1) is 12.8 Å². The minimum atomic E-state index is -3.62. The molecule has 1 N–H and O–H groups in total. The first-order valence-corrected chi connectivity index (χ1v) is 11.8. The molecule has 0 atom stereocenters. The van der Waals surface area contributed by atoms with Crippen molar-refractivity contribution in [3.63, 3.8) is 0 Å². The Hall–Kier alpha value is -2.45. The highest BCUT2D eigenvalue weighted by molar-refractivity contribution is 7.89. The van der Waals surface area contributed by atoms with Crippen LogP contribution in [-0.4, -0.2) is 43.3 Å². The van der Waals surface area contributed by atoms with Crippen LogP contribution < -0.4 is 10.1 Å². The Bertz CT molecular complexity index is 982. The molecule has 1 aliphatic rings. The molecule has 1 fully saturated rings. The summed E-state index contributed by atoms with van der Waals surface area (Å²) in [6.45, 7) is 7.12. The third-order valence-corrected chi connectivity index (χ3v) is 7.26. The number of aromatic nitrogens is 1. The Kier molecular flexibility index (Phi) is 7.10. The molecule has 1 aromatic carbocycles. The van der Waals surface area contributed by atoms with E-state index in [1.807, 2.05) is 6.07 Å². The SMILES string of the molecule is CCN(CC)S(=O)(=O)c1ccc(C)c(C(=O)NCc2ccc(OCC3CC3)nc2)c1. The molecule has 8 heteroatoms. The van der Waals surface area contributed by atoms with Crippen LogP contribution >= 0.6 is 0 Å². The van der Waals surface area contributed by atoms with Gasteiger partial charge in [0.1, 0.15) is 0 Å². The van der Waals surface area contributed by atoms with Crippen molar-refractivity contribution in [2.45, 2.75) is 45.1 Å². The number of benzene rings is 1. The number of ether oxygens (including phenoxy) is 1. The first-order valence-electron chi connectivity index (χ1n) is 10.3. The predicted molar refractivity (Wildman–Crippen MR) is 115 cm³/mol. The van der Waals surface area contributed by atoms with Gasteiger partial charge in [-0.1, -0.05) is 26.0 Å². The van der Waals surface area contributed by atoms with Gasteiger partial charge in [0.05, 0.1) is 11.5 Å². The minimum Gasteiger partial charge on any atom is -0.477 e. The summed E-state index contributed by atoms with van der Waals surface area (Å²) < 4.78 is 32.5. The van der Waals surface area contributed by atoms with E-state index in [0.717, 1.165) is 5.56 Å². The molecule has 2 aromatic rings. The second kappa shape index (κ2) is 9.57. The molecule has 0 radical (unpaired) electrons. The fourth-order valence-corrected chi connectivity index (χ4v) is 4.57. The molecule has 0 spiro atoms. The molecule has 3 rings (SSSR count). The van der Waals surface area contributed by atoms with Gasteiger partial charge in [-0.05, 0) is 48.9 Å². The van der Waals surface area contributed by atoms with Crippen molar-refractivity contribution in [2.24, 2.45) is 5.92 Å². The zero-order valence-electron chi connectivity index (χ0n) is 17.7. The largest absolute Gasteiger partial charge is 0.477 e. The molecular weight excluding hydrogens is 402 g/mol. The highest BCUT2D eigenvalue weighted by Crippen LogP contribution is 2.29. The van der Waals surface area contributed by atoms with E-state index in [1.54, 1.807) is 45.2 Å². The van der Waals surface area contributed by atoms with E-state index in [1.165, 1.54) is 23.2 Å². The highest BCUT2D eigenvalue weighted by Gasteiger charge is 2.24. The second-order valence-corrected chi connectivity index (χ2v) is 9.45. The van der Waals surface area contributed by atoms with Gasteiger partial charge in [0.2, 0.25) is 15.9 Å². The maximum Gasteiger partial charge on any atom is 0.251 e. The second-order valence-electron chi connectivity index (χ2n) is 7.51. The molecule has 0 saturated heterocycles. The van der Waals surface area contributed by atoms with Crippen LogP contribution in [0.1, 0.15) is 48.2 Å². The van der Waals surface area contributed by atoms with Crippen molar-refractivity contribution >= 4 is 15.9 Å². The molecule has 0 bridgehead atoms. The number of pyridine rings is 1. The minimum absolute atomic E-state index is 0.126. The van der Waals surface area contributed by atoms with E-state index in [0.29, 0.717) is 49.2 Å². The molecule has 1 saturated carbocycles. The lowest BCUT2D eigenvalue weighted by molar-refractivity contribution is 0.0950. The molecule has 30 heavy (non-hydrogen) atoms. The molecule has 1 aliphatic carbocycles. The molecule has 1 amide bonds. The number of nitrogens with one attached hydrogen (secondary N) is 1. The van der Waals surface area contributed by atoms with Gasteiger partial charge in [0, 0.05) is 37.5 Å². The lowest BCUT2D eigenvalue weighted by Gasteiger charge is -2.19. The molecule has 0 aliphatic heterocycles. The Morgan fingerprint density at radius 1 is 1.20 bits per heavy atom. The summed E-state index contributed by atoms with van der Waals surface area (Å²) in [6.07, 6.45) is 4.12. The van der Waals surface area contributed by atoms with Gasteiger partial charge in [-0.3, -0.25) is 4.79 Å². The normalized spacial score (nSPS) is 14.0. The quantitative estimate of drug-likeness (QED) is 0.624. The van der Waals surface area contributed by atoms with Gasteiger partial charge in [0.15, 0.2) is 0 Å². The smallest absolute Gasteiger partial charge is 0.251 e. The Morgan fingerprint density at radius 2 is 1.93 bits per heavy atom. The van der Waals surface area contributed by atoms with Crippen molar-refractivity contribution in [3.8, 4) is 5.88 Å². The van der Waals surface area contributed by atoms with E-state index in [-0.39, 0.29) is 10.8 Å². The van der Waals surface area contributed by atoms with Gasteiger partial charge >= 0.3 is 0 Å². The lowest BCUT2D eigenvalue weighted by atomic mass is 10.1.